The third kappa shape index (κ3) is 2.88. The summed E-state index contributed by atoms with van der Waals surface area (Å²) in [5.41, 5.74) is 3.34. The van der Waals surface area contributed by atoms with Crippen molar-refractivity contribution in [3.8, 4) is 11.1 Å². The molecular formula is C23H17ClO. The number of hydrogen-bond acceptors (Lipinski definition) is 1. The summed E-state index contributed by atoms with van der Waals surface area (Å²) < 4.78 is 5.10. The molecule has 2 heteroatoms. The second-order valence-corrected chi connectivity index (χ2v) is 6.39. The Kier molecular flexibility index (Phi) is 4.17. The van der Waals surface area contributed by atoms with Gasteiger partial charge in [-0.15, -0.1) is 0 Å². The molecule has 0 heterocycles. The summed E-state index contributed by atoms with van der Waals surface area (Å²) >= 11 is 6.29. The van der Waals surface area contributed by atoms with Gasteiger partial charge in [0.2, 0.25) is 0 Å². The normalized spacial score (nSPS) is 11.4. The van der Waals surface area contributed by atoms with Gasteiger partial charge in [-0.2, -0.15) is 0 Å². The lowest BCUT2D eigenvalue weighted by atomic mass is 9.92. The minimum Gasteiger partial charge on any atom is -0.504 e. The van der Waals surface area contributed by atoms with E-state index in [0.717, 1.165) is 16.1 Å². The highest BCUT2D eigenvalue weighted by Crippen LogP contribution is 2.36. The lowest BCUT2D eigenvalue weighted by Crippen LogP contribution is -1.87. The predicted molar refractivity (Wildman–Crippen MR) is 108 cm³/mol. The summed E-state index contributed by atoms with van der Waals surface area (Å²) in [5, 5.41) is 5.70. The Morgan fingerprint density at radius 2 is 1.60 bits per heavy atom. The fraction of sp³-hybridized carbons (Fsp3) is 0.0435. The summed E-state index contributed by atoms with van der Waals surface area (Å²) in [5.74, 6) is 0. The number of rotatable bonds is 3. The van der Waals surface area contributed by atoms with Crippen LogP contribution >= 0.6 is 11.6 Å². The molecular weight excluding hydrogens is 328 g/mol. The molecule has 0 amide bonds. The predicted octanol–water partition coefficient (Wildman–Crippen LogP) is 6.93. The minimum absolute atomic E-state index is 0.724. The van der Waals surface area contributed by atoms with E-state index in [-0.39, 0.29) is 0 Å². The molecule has 0 spiro atoms. The smallest absolute Gasteiger partial charge is 0.0830 e. The lowest BCUT2D eigenvalue weighted by molar-refractivity contribution is 0.341. The van der Waals surface area contributed by atoms with Crippen LogP contribution in [0.1, 0.15) is 5.56 Å². The quantitative estimate of drug-likeness (QED) is 0.289. The number of hydrogen-bond donors (Lipinski definition) is 0. The Labute approximate surface area is 152 Å². The molecule has 0 bridgehead atoms. The van der Waals surface area contributed by atoms with Gasteiger partial charge in [-0.3, -0.25) is 0 Å². The van der Waals surface area contributed by atoms with Crippen LogP contribution in [0.15, 0.2) is 79.1 Å². The van der Waals surface area contributed by atoms with Gasteiger partial charge in [-0.05, 0) is 56.4 Å². The van der Waals surface area contributed by atoms with E-state index in [2.05, 4.69) is 54.6 Å². The van der Waals surface area contributed by atoms with Gasteiger partial charge in [0.25, 0.3) is 0 Å². The topological polar surface area (TPSA) is 9.23 Å². The fourth-order valence-corrected chi connectivity index (χ4v) is 3.50. The summed E-state index contributed by atoms with van der Waals surface area (Å²) in [6, 6.07) is 25.2. The van der Waals surface area contributed by atoms with Crippen LogP contribution in [-0.2, 0) is 4.74 Å². The van der Waals surface area contributed by atoms with E-state index in [4.69, 9.17) is 16.3 Å². The van der Waals surface area contributed by atoms with Gasteiger partial charge in [0.1, 0.15) is 0 Å². The van der Waals surface area contributed by atoms with Gasteiger partial charge >= 0.3 is 0 Å². The van der Waals surface area contributed by atoms with E-state index in [1.165, 1.54) is 27.1 Å². The van der Waals surface area contributed by atoms with Gasteiger partial charge < -0.3 is 4.74 Å². The van der Waals surface area contributed by atoms with Crippen molar-refractivity contribution in [2.45, 2.75) is 0 Å². The average Bonchev–Trinajstić information content (AvgIpc) is 2.66. The number of fused-ring (bicyclic) bond motifs is 3. The van der Waals surface area contributed by atoms with Crippen molar-refractivity contribution in [3.63, 3.8) is 0 Å². The SMILES string of the molecule is CO/C=C/c1ccc(Cl)cc1-c1cccc2c1ccc1ccccc12. The zero-order valence-electron chi connectivity index (χ0n) is 13.9. The van der Waals surface area contributed by atoms with Gasteiger partial charge in [0, 0.05) is 5.02 Å². The molecule has 0 aliphatic heterocycles. The zero-order valence-corrected chi connectivity index (χ0v) is 14.6. The Morgan fingerprint density at radius 3 is 2.48 bits per heavy atom. The van der Waals surface area contributed by atoms with Crippen LogP contribution in [0.25, 0.3) is 38.7 Å². The highest BCUT2D eigenvalue weighted by Gasteiger charge is 2.10. The number of halogens is 1. The molecule has 0 aliphatic carbocycles. The summed E-state index contributed by atoms with van der Waals surface area (Å²) in [7, 11) is 1.65. The molecule has 0 saturated heterocycles. The molecule has 4 aromatic carbocycles. The van der Waals surface area contributed by atoms with Crippen molar-refractivity contribution in [2.24, 2.45) is 0 Å². The molecule has 0 saturated carbocycles. The Morgan fingerprint density at radius 1 is 0.760 bits per heavy atom. The molecule has 4 rings (SSSR count). The third-order valence-corrected chi connectivity index (χ3v) is 4.71. The van der Waals surface area contributed by atoms with Crippen molar-refractivity contribution < 1.29 is 4.74 Å². The third-order valence-electron chi connectivity index (χ3n) is 4.48. The molecule has 0 atom stereocenters. The first-order valence-corrected chi connectivity index (χ1v) is 8.55. The van der Waals surface area contributed by atoms with E-state index < -0.39 is 0 Å². The standard InChI is InChI=1S/C23H17ClO/c1-25-14-13-17-9-11-18(24)15-23(17)21-8-4-7-20-19-6-3-2-5-16(19)10-12-22(20)21/h2-15H,1H3/b14-13+. The monoisotopic (exact) mass is 344 g/mol. The maximum Gasteiger partial charge on any atom is 0.0830 e. The Hall–Kier alpha value is -2.77. The van der Waals surface area contributed by atoms with Crippen molar-refractivity contribution in [3.05, 3.63) is 89.6 Å². The van der Waals surface area contributed by atoms with Crippen LogP contribution in [0.2, 0.25) is 5.02 Å². The molecule has 122 valence electrons. The van der Waals surface area contributed by atoms with E-state index >= 15 is 0 Å². The fourth-order valence-electron chi connectivity index (χ4n) is 3.32. The molecule has 0 radical (unpaired) electrons. The molecule has 0 fully saturated rings. The van der Waals surface area contributed by atoms with Crippen LogP contribution in [0, 0.1) is 0 Å². The Balaban J connectivity index is 2.04. The van der Waals surface area contributed by atoms with E-state index in [9.17, 15) is 0 Å². The van der Waals surface area contributed by atoms with Gasteiger partial charge in [-0.25, -0.2) is 0 Å². The number of ether oxygens (including phenoxy) is 1. The lowest BCUT2D eigenvalue weighted by Gasteiger charge is -2.12. The Bertz CT molecular complexity index is 1100. The first kappa shape index (κ1) is 15.7. The van der Waals surface area contributed by atoms with Crippen molar-refractivity contribution in [1.82, 2.24) is 0 Å². The maximum atomic E-state index is 6.29. The van der Waals surface area contributed by atoms with Crippen LogP contribution in [0.5, 0.6) is 0 Å². The zero-order chi connectivity index (χ0) is 17.2. The summed E-state index contributed by atoms with van der Waals surface area (Å²) in [4.78, 5) is 0. The molecule has 0 unspecified atom stereocenters. The minimum atomic E-state index is 0.724. The second kappa shape index (κ2) is 6.62. The molecule has 25 heavy (non-hydrogen) atoms. The average molecular weight is 345 g/mol. The van der Waals surface area contributed by atoms with Crippen LogP contribution < -0.4 is 0 Å². The first-order chi connectivity index (χ1) is 12.3. The number of benzene rings is 4. The maximum absolute atomic E-state index is 6.29. The van der Waals surface area contributed by atoms with Crippen molar-refractivity contribution in [2.75, 3.05) is 7.11 Å². The van der Waals surface area contributed by atoms with E-state index in [1.807, 2.05) is 24.3 Å². The van der Waals surface area contributed by atoms with E-state index in [1.54, 1.807) is 13.4 Å². The highest BCUT2D eigenvalue weighted by molar-refractivity contribution is 6.31. The molecule has 0 N–H and O–H groups in total. The molecule has 0 aliphatic rings. The second-order valence-electron chi connectivity index (χ2n) is 5.96. The van der Waals surface area contributed by atoms with Gasteiger partial charge in [0.05, 0.1) is 13.4 Å². The summed E-state index contributed by atoms with van der Waals surface area (Å²) in [6.45, 7) is 0. The number of methoxy groups -OCH3 is 1. The van der Waals surface area contributed by atoms with Gasteiger partial charge in [-0.1, -0.05) is 72.3 Å². The van der Waals surface area contributed by atoms with Crippen LogP contribution in [0.4, 0.5) is 0 Å². The van der Waals surface area contributed by atoms with E-state index in [0.29, 0.717) is 0 Å². The highest BCUT2D eigenvalue weighted by atomic mass is 35.5. The van der Waals surface area contributed by atoms with Crippen LogP contribution in [-0.4, -0.2) is 7.11 Å². The molecule has 0 aromatic heterocycles. The molecule has 1 nitrogen and oxygen atoms in total. The first-order valence-electron chi connectivity index (χ1n) is 8.18. The largest absolute Gasteiger partial charge is 0.504 e. The summed E-state index contributed by atoms with van der Waals surface area (Å²) in [6.07, 6.45) is 3.65. The van der Waals surface area contributed by atoms with Gasteiger partial charge in [0.15, 0.2) is 0 Å². The van der Waals surface area contributed by atoms with Crippen molar-refractivity contribution in [1.29, 1.82) is 0 Å². The van der Waals surface area contributed by atoms with Crippen molar-refractivity contribution >= 4 is 39.2 Å². The van der Waals surface area contributed by atoms with Crippen LogP contribution in [0.3, 0.4) is 0 Å². The molecule has 4 aromatic rings.